The number of ether oxygens (including phenoxy) is 2. The van der Waals surface area contributed by atoms with E-state index in [4.69, 9.17) is 9.47 Å². The second kappa shape index (κ2) is 5.18. The molecule has 0 heterocycles. The number of methoxy groups -OCH3 is 2. The lowest BCUT2D eigenvalue weighted by Gasteiger charge is -2.60. The minimum atomic E-state index is -1.75. The zero-order valence-corrected chi connectivity index (χ0v) is 15.3. The minimum absolute atomic E-state index is 0.0520. The molecule has 0 amide bonds. The summed E-state index contributed by atoms with van der Waals surface area (Å²) in [5, 5.41) is 11.7. The Bertz CT molecular complexity index is 1050. The highest BCUT2D eigenvalue weighted by Gasteiger charge is 2.69. The molecule has 1 N–H and O–H groups in total. The first-order valence-corrected chi connectivity index (χ1v) is 9.00. The van der Waals surface area contributed by atoms with Crippen molar-refractivity contribution in [3.63, 3.8) is 0 Å². The molecule has 1 fully saturated rings. The molecule has 4 heteroatoms. The van der Waals surface area contributed by atoms with Gasteiger partial charge in [-0.3, -0.25) is 4.79 Å². The molecule has 0 spiro atoms. The summed E-state index contributed by atoms with van der Waals surface area (Å²) < 4.78 is 11.4. The number of benzene rings is 2. The Morgan fingerprint density at radius 1 is 1.07 bits per heavy atom. The molecule has 0 aliphatic heterocycles. The molecular weight excluding hydrogens is 340 g/mol. The van der Waals surface area contributed by atoms with E-state index in [2.05, 4.69) is 12.6 Å². The maximum absolute atomic E-state index is 13.4. The normalized spacial score (nSPS) is 30.7. The van der Waals surface area contributed by atoms with Gasteiger partial charge >= 0.3 is 0 Å². The molecule has 2 aromatic rings. The Labute approximate surface area is 157 Å². The fourth-order valence-electron chi connectivity index (χ4n) is 5.17. The molecule has 3 unspecified atom stereocenters. The van der Waals surface area contributed by atoms with Crippen molar-refractivity contribution in [1.82, 2.24) is 0 Å². The van der Waals surface area contributed by atoms with Crippen LogP contribution in [0.5, 0.6) is 5.75 Å². The van der Waals surface area contributed by atoms with Gasteiger partial charge < -0.3 is 14.6 Å². The van der Waals surface area contributed by atoms with Crippen LogP contribution < -0.4 is 4.74 Å². The van der Waals surface area contributed by atoms with Crippen molar-refractivity contribution in [3.05, 3.63) is 82.9 Å². The van der Waals surface area contributed by atoms with Crippen LogP contribution in [0.15, 0.2) is 66.3 Å². The number of ketones is 1. The molecule has 3 aliphatic carbocycles. The van der Waals surface area contributed by atoms with Gasteiger partial charge in [0.1, 0.15) is 11.4 Å². The molecule has 0 saturated heterocycles. The number of para-hydroxylation sites is 1. The third-order valence-corrected chi connectivity index (χ3v) is 6.43. The molecule has 1 saturated carbocycles. The SMILES string of the molecule is C=C1CC2c3ccccc3C3=C(C(=O)C3(O)c3ccccc3OC)C12OC. The van der Waals surface area contributed by atoms with E-state index in [9.17, 15) is 9.90 Å². The van der Waals surface area contributed by atoms with Gasteiger partial charge in [0.15, 0.2) is 5.60 Å². The van der Waals surface area contributed by atoms with Gasteiger partial charge in [-0.05, 0) is 29.2 Å². The lowest BCUT2D eigenvalue weighted by molar-refractivity contribution is -0.137. The van der Waals surface area contributed by atoms with Crippen LogP contribution in [0.3, 0.4) is 0 Å². The number of rotatable bonds is 3. The summed E-state index contributed by atoms with van der Waals surface area (Å²) in [6.07, 6.45) is 0.780. The quantitative estimate of drug-likeness (QED) is 0.853. The molecular formula is C23H20O4. The van der Waals surface area contributed by atoms with Gasteiger partial charge in [-0.1, -0.05) is 49.0 Å². The summed E-state index contributed by atoms with van der Waals surface area (Å²) in [6, 6.07) is 15.0. The third kappa shape index (κ3) is 1.64. The monoisotopic (exact) mass is 360 g/mol. The molecule has 3 aliphatic rings. The lowest BCUT2D eigenvalue weighted by Crippen LogP contribution is -2.63. The average Bonchev–Trinajstić information content (AvgIpc) is 2.71. The molecule has 0 radical (unpaired) electrons. The van der Waals surface area contributed by atoms with Gasteiger partial charge in [-0.25, -0.2) is 0 Å². The molecule has 27 heavy (non-hydrogen) atoms. The number of aliphatic hydroxyl groups is 1. The van der Waals surface area contributed by atoms with Crippen LogP contribution in [-0.4, -0.2) is 30.7 Å². The number of hydrogen-bond donors (Lipinski definition) is 1. The first-order valence-electron chi connectivity index (χ1n) is 9.00. The van der Waals surface area contributed by atoms with Crippen molar-refractivity contribution in [2.24, 2.45) is 0 Å². The summed E-state index contributed by atoms with van der Waals surface area (Å²) >= 11 is 0. The highest BCUT2D eigenvalue weighted by molar-refractivity contribution is 6.27. The van der Waals surface area contributed by atoms with Gasteiger partial charge in [-0.2, -0.15) is 0 Å². The van der Waals surface area contributed by atoms with E-state index < -0.39 is 11.2 Å². The summed E-state index contributed by atoms with van der Waals surface area (Å²) in [5.41, 5.74) is 1.91. The predicted molar refractivity (Wildman–Crippen MR) is 101 cm³/mol. The summed E-state index contributed by atoms with van der Waals surface area (Å²) in [7, 11) is 3.15. The first kappa shape index (κ1) is 16.5. The Kier molecular flexibility index (Phi) is 3.16. The van der Waals surface area contributed by atoms with Gasteiger partial charge in [-0.15, -0.1) is 0 Å². The van der Waals surface area contributed by atoms with E-state index >= 15 is 0 Å². The van der Waals surface area contributed by atoms with Crippen molar-refractivity contribution in [1.29, 1.82) is 0 Å². The van der Waals surface area contributed by atoms with Gasteiger partial charge in [0, 0.05) is 29.7 Å². The van der Waals surface area contributed by atoms with E-state index in [1.54, 1.807) is 25.3 Å². The number of fused-ring (bicyclic) bond motifs is 5. The van der Waals surface area contributed by atoms with Gasteiger partial charge in [0.05, 0.1) is 7.11 Å². The molecule has 4 nitrogen and oxygen atoms in total. The largest absolute Gasteiger partial charge is 0.496 e. The van der Waals surface area contributed by atoms with Crippen LogP contribution in [0, 0.1) is 0 Å². The van der Waals surface area contributed by atoms with Crippen LogP contribution in [0.4, 0.5) is 0 Å². The van der Waals surface area contributed by atoms with Crippen LogP contribution in [0.2, 0.25) is 0 Å². The predicted octanol–water partition coefficient (Wildman–Crippen LogP) is 3.36. The Balaban J connectivity index is 1.83. The maximum Gasteiger partial charge on any atom is 0.203 e. The Morgan fingerprint density at radius 2 is 1.78 bits per heavy atom. The van der Waals surface area contributed by atoms with Crippen molar-refractivity contribution in [3.8, 4) is 5.75 Å². The Morgan fingerprint density at radius 3 is 2.48 bits per heavy atom. The van der Waals surface area contributed by atoms with E-state index in [1.165, 1.54) is 7.11 Å². The summed E-state index contributed by atoms with van der Waals surface area (Å²) in [5.74, 6) is 0.207. The molecule has 3 atom stereocenters. The van der Waals surface area contributed by atoms with E-state index in [0.29, 0.717) is 22.5 Å². The lowest BCUT2D eigenvalue weighted by atomic mass is 9.46. The van der Waals surface area contributed by atoms with Crippen LogP contribution >= 0.6 is 0 Å². The Hall–Kier alpha value is -2.69. The van der Waals surface area contributed by atoms with E-state index in [0.717, 1.165) is 23.1 Å². The topological polar surface area (TPSA) is 55.8 Å². The molecule has 5 rings (SSSR count). The smallest absolute Gasteiger partial charge is 0.203 e. The number of Topliss-reactive ketones (excluding diaryl/α,β-unsaturated/α-hetero) is 1. The van der Waals surface area contributed by atoms with Crippen molar-refractivity contribution >= 4 is 11.4 Å². The first-order chi connectivity index (χ1) is 13.0. The number of hydrogen-bond acceptors (Lipinski definition) is 4. The highest BCUT2D eigenvalue weighted by atomic mass is 16.5. The van der Waals surface area contributed by atoms with Crippen LogP contribution in [-0.2, 0) is 15.1 Å². The van der Waals surface area contributed by atoms with Crippen LogP contribution in [0.1, 0.15) is 29.0 Å². The van der Waals surface area contributed by atoms with Crippen LogP contribution in [0.25, 0.3) is 5.57 Å². The maximum atomic E-state index is 13.4. The molecule has 136 valence electrons. The second-order valence-corrected chi connectivity index (χ2v) is 7.38. The highest BCUT2D eigenvalue weighted by Crippen LogP contribution is 2.68. The number of carbonyl (C=O) groups is 1. The third-order valence-electron chi connectivity index (χ3n) is 6.43. The van der Waals surface area contributed by atoms with E-state index in [-0.39, 0.29) is 11.7 Å². The fourth-order valence-corrected chi connectivity index (χ4v) is 5.17. The number of carbonyl (C=O) groups excluding carboxylic acids is 1. The van der Waals surface area contributed by atoms with Crippen molar-refractivity contribution < 1.29 is 19.4 Å². The average molecular weight is 360 g/mol. The van der Waals surface area contributed by atoms with Crippen molar-refractivity contribution in [2.75, 3.05) is 14.2 Å². The zero-order valence-electron chi connectivity index (χ0n) is 15.3. The van der Waals surface area contributed by atoms with E-state index in [1.807, 2.05) is 24.3 Å². The molecule has 2 aromatic carbocycles. The molecule has 0 aromatic heterocycles. The summed E-state index contributed by atoms with van der Waals surface area (Å²) in [6.45, 7) is 4.15. The van der Waals surface area contributed by atoms with Crippen molar-refractivity contribution in [2.45, 2.75) is 23.5 Å². The summed E-state index contributed by atoms with van der Waals surface area (Å²) in [4.78, 5) is 13.4. The zero-order chi connectivity index (χ0) is 19.0. The minimum Gasteiger partial charge on any atom is -0.496 e. The fraction of sp³-hybridized carbons (Fsp3) is 0.261. The standard InChI is InChI=1S/C23H20O4/c1-13-12-17-14-8-4-5-9-15(14)19-20(23(13,17)27-3)21(24)22(19,25)16-10-6-7-11-18(16)26-2/h4-11,17,25H,1,12H2,2-3H3. The van der Waals surface area contributed by atoms with Gasteiger partial charge in [0.25, 0.3) is 0 Å². The molecule has 0 bridgehead atoms. The van der Waals surface area contributed by atoms with Gasteiger partial charge in [0.2, 0.25) is 5.78 Å². The second-order valence-electron chi connectivity index (χ2n) is 7.38.